The van der Waals surface area contributed by atoms with Crippen LogP contribution in [-0.4, -0.2) is 0 Å². The first-order valence-electron chi connectivity index (χ1n) is 0.739. The van der Waals surface area contributed by atoms with Crippen molar-refractivity contribution in [1.82, 2.24) is 0 Å². The van der Waals surface area contributed by atoms with Gasteiger partial charge in [-0.15, -0.1) is 0 Å². The third-order valence-electron chi connectivity index (χ3n) is 0. The van der Waals surface area contributed by atoms with Crippen molar-refractivity contribution < 1.29 is 13.8 Å². The molecule has 7 heavy (non-hydrogen) atoms. The quantitative estimate of drug-likeness (QED) is 0.473. The van der Waals surface area contributed by atoms with Crippen LogP contribution in [-0.2, 0) is 13.8 Å². The van der Waals surface area contributed by atoms with Gasteiger partial charge in [0.05, 0.1) is 0 Å². The minimum atomic E-state index is -2.61. The zero-order valence-electron chi connectivity index (χ0n) is 2.77. The van der Waals surface area contributed by atoms with Gasteiger partial charge >= 0.3 is 49.6 Å². The van der Waals surface area contributed by atoms with Crippen LogP contribution in [0.3, 0.4) is 0 Å². The molecule has 0 atom stereocenters. The first-order chi connectivity index (χ1) is 3.00. The van der Waals surface area contributed by atoms with Gasteiger partial charge in [0.1, 0.15) is 9.12 Å². The van der Waals surface area contributed by atoms with Crippen molar-refractivity contribution in [2.75, 3.05) is 0 Å². The summed E-state index contributed by atoms with van der Waals surface area (Å²) in [5.74, 6) is 0. The number of rotatable bonds is 0. The molecule has 0 N–H and O–H groups in total. The van der Waals surface area contributed by atoms with Gasteiger partial charge in [0, 0.05) is 0 Å². The van der Waals surface area contributed by atoms with Crippen LogP contribution < -0.4 is 0 Å². The Morgan fingerprint density at radius 3 is 1.00 bits per heavy atom. The molecule has 0 aromatic heterocycles. The van der Waals surface area contributed by atoms with E-state index in [0.29, 0.717) is 0 Å². The number of halogens is 4. The first kappa shape index (κ1) is 11.6. The van der Waals surface area contributed by atoms with E-state index in [0.717, 1.165) is 0 Å². The van der Waals surface area contributed by atoms with Crippen molar-refractivity contribution in [3.63, 3.8) is 0 Å². The molecule has 1 nitrogen and oxygen atoms in total. The molecular weight excluding hydrogens is 245 g/mol. The molecule has 48 valence electrons. The summed E-state index contributed by atoms with van der Waals surface area (Å²) in [5.41, 5.74) is 0. The van der Waals surface area contributed by atoms with Crippen LogP contribution in [0.25, 0.3) is 0 Å². The zero-order chi connectivity index (χ0) is 6.50. The Balaban J connectivity index is 0. The summed E-state index contributed by atoms with van der Waals surface area (Å²) in [6.45, 7) is 0. The van der Waals surface area contributed by atoms with Crippen LogP contribution in [0, 0.1) is 0 Å². The van der Waals surface area contributed by atoms with E-state index in [4.69, 9.17) is 45.0 Å². The van der Waals surface area contributed by atoms with Gasteiger partial charge in [-0.1, -0.05) is 0 Å². The monoisotopic (exact) mass is 244 g/mol. The van der Waals surface area contributed by atoms with Gasteiger partial charge in [-0.3, -0.25) is 4.57 Å². The third kappa shape index (κ3) is 82.1. The third-order valence-corrected chi connectivity index (χ3v) is 0. The summed E-state index contributed by atoms with van der Waals surface area (Å²) in [4.78, 5) is 0. The SMILES string of the molecule is O=P.[Cl][Fe]([Cl])([Cl])[Cl]. The Kier molecular flexibility index (Phi) is 9.76. The molecule has 0 fully saturated rings. The Bertz CT molecular complexity index is 35.4. The van der Waals surface area contributed by atoms with Crippen LogP contribution >= 0.6 is 49.5 Å². The van der Waals surface area contributed by atoms with Gasteiger partial charge < -0.3 is 0 Å². The van der Waals surface area contributed by atoms with Crippen LogP contribution in [0.5, 0.6) is 0 Å². The second kappa shape index (κ2) is 5.91. The molecule has 0 saturated carbocycles. The predicted octanol–water partition coefficient (Wildman–Crippen LogP) is 3.23. The number of hydrogen-bond donors (Lipinski definition) is 0. The van der Waals surface area contributed by atoms with Gasteiger partial charge in [-0.25, -0.2) is 0 Å². The summed E-state index contributed by atoms with van der Waals surface area (Å²) in [7, 11) is 18.9. The Hall–Kier alpha value is 1.78. The maximum absolute atomic E-state index is 8.06. The van der Waals surface area contributed by atoms with Crippen LogP contribution in [0.4, 0.5) is 0 Å². The molecule has 0 saturated heterocycles. The number of hydrogen-bond acceptors (Lipinski definition) is 1. The van der Waals surface area contributed by atoms with E-state index in [9.17, 15) is 0 Å². The van der Waals surface area contributed by atoms with Crippen molar-refractivity contribution in [3.8, 4) is 0 Å². The van der Waals surface area contributed by atoms with Crippen LogP contribution in [0.2, 0.25) is 0 Å². The fourth-order valence-corrected chi connectivity index (χ4v) is 0. The van der Waals surface area contributed by atoms with Crippen molar-refractivity contribution >= 4 is 49.5 Å². The molecule has 0 aromatic carbocycles. The Morgan fingerprint density at radius 2 is 1.00 bits per heavy atom. The second-order valence-electron chi connectivity index (χ2n) is 0.303. The first-order valence-corrected chi connectivity index (χ1v) is 7.22. The van der Waals surface area contributed by atoms with Crippen molar-refractivity contribution in [3.05, 3.63) is 0 Å². The van der Waals surface area contributed by atoms with Gasteiger partial charge in [0.25, 0.3) is 0 Å². The molecule has 0 aliphatic rings. The maximum atomic E-state index is 8.06. The Labute approximate surface area is 63.0 Å². The molecular formula is HCl4FeOP. The summed E-state index contributed by atoms with van der Waals surface area (Å²) in [6.07, 6.45) is 0. The zero-order valence-corrected chi connectivity index (χ0v) is 7.90. The van der Waals surface area contributed by atoms with E-state index in [1.54, 1.807) is 9.12 Å². The van der Waals surface area contributed by atoms with E-state index in [2.05, 4.69) is 0 Å². The van der Waals surface area contributed by atoms with E-state index >= 15 is 0 Å². The molecule has 0 spiro atoms. The van der Waals surface area contributed by atoms with Crippen molar-refractivity contribution in [2.24, 2.45) is 0 Å². The molecule has 0 rings (SSSR count). The fraction of sp³-hybridized carbons (Fsp3) is 0. The normalized spacial score (nSPS) is 11.4. The topological polar surface area (TPSA) is 17.1 Å². The molecule has 0 bridgehead atoms. The van der Waals surface area contributed by atoms with E-state index in [-0.39, 0.29) is 0 Å². The average molecular weight is 246 g/mol. The van der Waals surface area contributed by atoms with E-state index in [1.807, 2.05) is 0 Å². The summed E-state index contributed by atoms with van der Waals surface area (Å²) < 4.78 is 8.06. The predicted molar refractivity (Wildman–Crippen MR) is 32.4 cm³/mol. The van der Waals surface area contributed by atoms with E-state index in [1.165, 1.54) is 0 Å². The average Bonchev–Trinajstić information content (AvgIpc) is 1.36. The molecule has 0 heterocycles. The van der Waals surface area contributed by atoms with Gasteiger partial charge in [-0.05, 0) is 0 Å². The molecule has 0 aliphatic carbocycles. The van der Waals surface area contributed by atoms with E-state index < -0.39 is 9.20 Å². The minimum absolute atomic E-state index is 1.72. The standard InChI is InChI=1S/4ClH.Fe.HOP/c;;;;;1-2/h4*1H;;2H/q;;;;+4;/p-4. The molecule has 7 heteroatoms. The van der Waals surface area contributed by atoms with Crippen LogP contribution in [0.15, 0.2) is 0 Å². The van der Waals surface area contributed by atoms with Crippen molar-refractivity contribution in [1.29, 1.82) is 0 Å². The summed E-state index contributed by atoms with van der Waals surface area (Å²) in [6, 6.07) is 0. The molecule has 0 amide bonds. The molecule has 0 unspecified atom stereocenters. The van der Waals surface area contributed by atoms with Gasteiger partial charge in [-0.2, -0.15) is 0 Å². The summed E-state index contributed by atoms with van der Waals surface area (Å²) >= 11 is 0. The fourth-order valence-electron chi connectivity index (χ4n) is 0. The summed E-state index contributed by atoms with van der Waals surface area (Å²) in [5, 5.41) is 0. The molecule has 0 radical (unpaired) electrons. The van der Waals surface area contributed by atoms with Gasteiger partial charge in [0.15, 0.2) is 0 Å². The molecule has 0 aromatic rings. The Morgan fingerprint density at radius 1 is 1.00 bits per heavy atom. The van der Waals surface area contributed by atoms with Crippen molar-refractivity contribution in [2.45, 2.75) is 0 Å². The second-order valence-corrected chi connectivity index (χ2v) is 11.2. The molecule has 0 aliphatic heterocycles. The van der Waals surface area contributed by atoms with Gasteiger partial charge in [0.2, 0.25) is 0 Å². The van der Waals surface area contributed by atoms with Crippen LogP contribution in [0.1, 0.15) is 0 Å².